The molecule has 0 aliphatic heterocycles. The van der Waals surface area contributed by atoms with Gasteiger partial charge in [0, 0.05) is 10.2 Å². The molecule has 0 bridgehead atoms. The Hall–Kier alpha value is -2.22. The number of hydrogen-bond donors (Lipinski definition) is 1. The molecular formula is C17H15BrF3NO3. The van der Waals surface area contributed by atoms with Crippen molar-refractivity contribution in [3.05, 3.63) is 52.0 Å². The van der Waals surface area contributed by atoms with Crippen LogP contribution in [0.1, 0.15) is 11.1 Å². The second kappa shape index (κ2) is 7.77. The summed E-state index contributed by atoms with van der Waals surface area (Å²) < 4.78 is 48.9. The van der Waals surface area contributed by atoms with Gasteiger partial charge in [0.15, 0.2) is 11.5 Å². The maximum Gasteiger partial charge on any atom is 0.417 e. The van der Waals surface area contributed by atoms with Gasteiger partial charge in [0.2, 0.25) is 5.91 Å². The molecule has 0 aliphatic rings. The molecule has 0 heterocycles. The summed E-state index contributed by atoms with van der Waals surface area (Å²) in [5.41, 5.74) is -0.138. The molecule has 1 N–H and O–H groups in total. The van der Waals surface area contributed by atoms with Gasteiger partial charge in [0.1, 0.15) is 0 Å². The third-order valence-corrected chi connectivity index (χ3v) is 4.06. The number of benzene rings is 2. The lowest BCUT2D eigenvalue weighted by molar-refractivity contribution is -0.138. The molecule has 0 fully saturated rings. The van der Waals surface area contributed by atoms with Crippen LogP contribution in [0, 0.1) is 0 Å². The molecule has 25 heavy (non-hydrogen) atoms. The zero-order valence-electron chi connectivity index (χ0n) is 13.4. The lowest BCUT2D eigenvalue weighted by atomic mass is 10.1. The summed E-state index contributed by atoms with van der Waals surface area (Å²) in [5, 5.41) is 2.46. The fraction of sp³-hybridized carbons (Fsp3) is 0.235. The molecule has 1 amide bonds. The van der Waals surface area contributed by atoms with Gasteiger partial charge in [-0.1, -0.05) is 22.0 Å². The Morgan fingerprint density at radius 1 is 1.08 bits per heavy atom. The molecule has 0 spiro atoms. The van der Waals surface area contributed by atoms with Gasteiger partial charge in [0.25, 0.3) is 0 Å². The molecule has 2 aromatic rings. The molecule has 2 rings (SSSR count). The average Bonchev–Trinajstić information content (AvgIpc) is 2.55. The lowest BCUT2D eigenvalue weighted by Gasteiger charge is -2.12. The highest BCUT2D eigenvalue weighted by molar-refractivity contribution is 9.10. The average molecular weight is 418 g/mol. The number of alkyl halides is 3. The van der Waals surface area contributed by atoms with Crippen LogP contribution >= 0.6 is 15.9 Å². The van der Waals surface area contributed by atoms with E-state index in [1.165, 1.54) is 26.4 Å². The van der Waals surface area contributed by atoms with Crippen molar-refractivity contribution in [2.45, 2.75) is 12.6 Å². The Morgan fingerprint density at radius 2 is 1.76 bits per heavy atom. The molecule has 134 valence electrons. The Balaban J connectivity index is 2.13. The van der Waals surface area contributed by atoms with E-state index in [0.717, 1.165) is 6.07 Å². The minimum atomic E-state index is -4.51. The van der Waals surface area contributed by atoms with Gasteiger partial charge in [-0.2, -0.15) is 13.2 Å². The molecule has 0 aromatic heterocycles. The van der Waals surface area contributed by atoms with Crippen molar-refractivity contribution >= 4 is 27.5 Å². The highest BCUT2D eigenvalue weighted by Crippen LogP contribution is 2.36. The van der Waals surface area contributed by atoms with E-state index in [9.17, 15) is 18.0 Å². The number of carbonyl (C=O) groups is 1. The maximum atomic E-state index is 12.9. The van der Waals surface area contributed by atoms with Gasteiger partial charge >= 0.3 is 6.18 Å². The molecule has 0 atom stereocenters. The molecule has 2 aromatic carbocycles. The topological polar surface area (TPSA) is 47.6 Å². The number of ether oxygens (including phenoxy) is 2. The first-order chi connectivity index (χ1) is 11.7. The second-order valence-electron chi connectivity index (χ2n) is 5.11. The predicted molar refractivity (Wildman–Crippen MR) is 91.0 cm³/mol. The third kappa shape index (κ3) is 4.88. The molecule has 0 saturated carbocycles. The van der Waals surface area contributed by atoms with Gasteiger partial charge < -0.3 is 14.8 Å². The number of anilines is 1. The van der Waals surface area contributed by atoms with E-state index in [0.29, 0.717) is 17.1 Å². The summed E-state index contributed by atoms with van der Waals surface area (Å²) in [6.45, 7) is 0. The van der Waals surface area contributed by atoms with Crippen LogP contribution in [-0.2, 0) is 17.4 Å². The van der Waals surface area contributed by atoms with E-state index >= 15 is 0 Å². The van der Waals surface area contributed by atoms with Crippen LogP contribution in [0.5, 0.6) is 11.5 Å². The minimum absolute atomic E-state index is 0.0161. The molecule has 0 unspecified atom stereocenters. The van der Waals surface area contributed by atoms with Crippen LogP contribution in [-0.4, -0.2) is 20.1 Å². The van der Waals surface area contributed by atoms with E-state index in [1.54, 1.807) is 18.2 Å². The smallest absolute Gasteiger partial charge is 0.417 e. The van der Waals surface area contributed by atoms with E-state index < -0.39 is 17.6 Å². The number of halogens is 4. The Labute approximate surface area is 151 Å². The highest BCUT2D eigenvalue weighted by Gasteiger charge is 2.33. The number of rotatable bonds is 5. The largest absolute Gasteiger partial charge is 0.493 e. The van der Waals surface area contributed by atoms with Gasteiger partial charge in [0.05, 0.1) is 26.2 Å². The first kappa shape index (κ1) is 19.1. The fourth-order valence-corrected chi connectivity index (χ4v) is 2.67. The monoisotopic (exact) mass is 417 g/mol. The van der Waals surface area contributed by atoms with Crippen LogP contribution < -0.4 is 14.8 Å². The summed E-state index contributed by atoms with van der Waals surface area (Å²) in [6.07, 6.45) is -4.53. The molecular weight excluding hydrogens is 403 g/mol. The quantitative estimate of drug-likeness (QED) is 0.768. The highest BCUT2D eigenvalue weighted by atomic mass is 79.9. The van der Waals surface area contributed by atoms with Crippen molar-refractivity contribution in [3.8, 4) is 11.5 Å². The Kier molecular flexibility index (Phi) is 5.94. The number of carbonyl (C=O) groups excluding carboxylic acids is 1. The van der Waals surface area contributed by atoms with Crippen molar-refractivity contribution in [2.75, 3.05) is 19.5 Å². The summed E-state index contributed by atoms with van der Waals surface area (Å²) >= 11 is 2.86. The second-order valence-corrected chi connectivity index (χ2v) is 5.96. The zero-order valence-corrected chi connectivity index (χ0v) is 15.0. The Morgan fingerprint density at radius 3 is 2.36 bits per heavy atom. The van der Waals surface area contributed by atoms with E-state index in [2.05, 4.69) is 21.2 Å². The summed E-state index contributed by atoms with van der Waals surface area (Å²) in [5.74, 6) is 0.549. The lowest BCUT2D eigenvalue weighted by Crippen LogP contribution is -2.15. The van der Waals surface area contributed by atoms with Crippen molar-refractivity contribution in [1.82, 2.24) is 0 Å². The molecule has 0 radical (unpaired) electrons. The third-order valence-electron chi connectivity index (χ3n) is 3.37. The van der Waals surface area contributed by atoms with Gasteiger partial charge in [-0.15, -0.1) is 0 Å². The van der Waals surface area contributed by atoms with Gasteiger partial charge in [-0.05, 0) is 35.9 Å². The van der Waals surface area contributed by atoms with Gasteiger partial charge in [-0.3, -0.25) is 4.79 Å². The van der Waals surface area contributed by atoms with Crippen LogP contribution in [0.25, 0.3) is 0 Å². The van der Waals surface area contributed by atoms with E-state index in [-0.39, 0.29) is 16.6 Å². The summed E-state index contributed by atoms with van der Waals surface area (Å²) in [4.78, 5) is 12.1. The number of nitrogens with one attached hydrogen (secondary N) is 1. The van der Waals surface area contributed by atoms with Crippen molar-refractivity contribution in [3.63, 3.8) is 0 Å². The SMILES string of the molecule is COc1ccc(CC(=O)Nc2ccc(Br)c(C(F)(F)F)c2)cc1OC. The molecule has 4 nitrogen and oxygen atoms in total. The Bertz CT molecular complexity index is 778. The van der Waals surface area contributed by atoms with Crippen LogP contribution in [0.4, 0.5) is 18.9 Å². The standard InChI is InChI=1S/C17H15BrF3NO3/c1-24-14-6-3-10(7-15(14)25-2)8-16(23)22-11-4-5-13(18)12(9-11)17(19,20)21/h3-7,9H,8H2,1-2H3,(H,22,23). The van der Waals surface area contributed by atoms with Crippen LogP contribution in [0.15, 0.2) is 40.9 Å². The number of methoxy groups -OCH3 is 2. The van der Waals surface area contributed by atoms with Crippen molar-refractivity contribution in [1.29, 1.82) is 0 Å². The minimum Gasteiger partial charge on any atom is -0.493 e. The van der Waals surface area contributed by atoms with E-state index in [4.69, 9.17) is 9.47 Å². The van der Waals surface area contributed by atoms with Crippen LogP contribution in [0.2, 0.25) is 0 Å². The molecule has 0 aliphatic carbocycles. The molecule has 0 saturated heterocycles. The fourth-order valence-electron chi connectivity index (χ4n) is 2.20. The normalized spacial score (nSPS) is 11.1. The van der Waals surface area contributed by atoms with Crippen molar-refractivity contribution < 1.29 is 27.4 Å². The first-order valence-corrected chi connectivity index (χ1v) is 7.91. The first-order valence-electron chi connectivity index (χ1n) is 7.12. The van der Waals surface area contributed by atoms with Crippen molar-refractivity contribution in [2.24, 2.45) is 0 Å². The summed E-state index contributed by atoms with van der Waals surface area (Å²) in [7, 11) is 2.97. The van der Waals surface area contributed by atoms with Gasteiger partial charge in [-0.25, -0.2) is 0 Å². The zero-order chi connectivity index (χ0) is 18.6. The molecule has 8 heteroatoms. The maximum absolute atomic E-state index is 12.9. The number of hydrogen-bond acceptors (Lipinski definition) is 3. The number of amides is 1. The summed E-state index contributed by atoms with van der Waals surface area (Å²) in [6, 6.07) is 8.50. The van der Waals surface area contributed by atoms with E-state index in [1.807, 2.05) is 0 Å². The van der Waals surface area contributed by atoms with Crippen LogP contribution in [0.3, 0.4) is 0 Å². The predicted octanol–water partition coefficient (Wildman–Crippen LogP) is 4.67.